The number of rotatable bonds is 2. The van der Waals surface area contributed by atoms with Crippen molar-refractivity contribution in [3.05, 3.63) is 0 Å². The van der Waals surface area contributed by atoms with Crippen LogP contribution >= 0.6 is 0 Å². The normalized spacial score (nSPS) is 26.4. The molecule has 1 atom stereocenters. The Kier molecular flexibility index (Phi) is 3.28. The van der Waals surface area contributed by atoms with Crippen LogP contribution in [0.1, 0.15) is 6.42 Å². The maximum absolute atomic E-state index is 11.9. The zero-order valence-electron chi connectivity index (χ0n) is 9.44. The zero-order chi connectivity index (χ0) is 11.5. The first-order chi connectivity index (χ1) is 7.65. The molecule has 2 saturated heterocycles. The number of amides is 2. The third kappa shape index (κ3) is 2.63. The topological polar surface area (TPSA) is 61.9 Å². The van der Waals surface area contributed by atoms with E-state index in [9.17, 15) is 9.59 Å². The number of hydrogen-bond donors (Lipinski definition) is 1. The van der Waals surface area contributed by atoms with E-state index in [-0.39, 0.29) is 12.0 Å². The Morgan fingerprint density at radius 3 is 2.69 bits per heavy atom. The van der Waals surface area contributed by atoms with Gasteiger partial charge in [0.05, 0.1) is 13.0 Å². The van der Waals surface area contributed by atoms with Crippen LogP contribution < -0.4 is 5.32 Å². The van der Waals surface area contributed by atoms with Gasteiger partial charge in [0.25, 0.3) is 0 Å². The predicted octanol–water partition coefficient (Wildman–Crippen LogP) is -0.741. The first-order valence-electron chi connectivity index (χ1n) is 5.56. The summed E-state index contributed by atoms with van der Waals surface area (Å²) in [6.07, 6.45) is -0.418. The molecule has 90 valence electrons. The highest BCUT2D eigenvalue weighted by Gasteiger charge is 2.28. The van der Waals surface area contributed by atoms with Gasteiger partial charge in [-0.3, -0.25) is 4.79 Å². The smallest absolute Gasteiger partial charge is 0.407 e. The molecule has 0 radical (unpaired) electrons. The highest BCUT2D eigenvalue weighted by molar-refractivity contribution is 5.78. The first-order valence-corrected chi connectivity index (χ1v) is 5.56. The third-order valence-electron chi connectivity index (χ3n) is 3.01. The lowest BCUT2D eigenvalue weighted by Gasteiger charge is -2.32. The monoisotopic (exact) mass is 227 g/mol. The maximum Gasteiger partial charge on any atom is 0.407 e. The number of alkyl carbamates (subject to hydrolysis) is 1. The molecule has 2 fully saturated rings. The number of ether oxygens (including phenoxy) is 1. The van der Waals surface area contributed by atoms with E-state index in [0.717, 1.165) is 26.2 Å². The van der Waals surface area contributed by atoms with Gasteiger partial charge in [0.15, 0.2) is 0 Å². The molecule has 2 aliphatic rings. The van der Waals surface area contributed by atoms with Crippen LogP contribution in [0.25, 0.3) is 0 Å². The van der Waals surface area contributed by atoms with Gasteiger partial charge in [-0.2, -0.15) is 0 Å². The van der Waals surface area contributed by atoms with E-state index in [1.54, 1.807) is 0 Å². The second-order valence-corrected chi connectivity index (χ2v) is 4.30. The number of cyclic esters (lactones) is 1. The maximum atomic E-state index is 11.9. The summed E-state index contributed by atoms with van der Waals surface area (Å²) >= 11 is 0. The second kappa shape index (κ2) is 4.69. The Hall–Kier alpha value is -1.30. The van der Waals surface area contributed by atoms with Gasteiger partial charge in [0, 0.05) is 26.2 Å². The molecule has 0 bridgehead atoms. The van der Waals surface area contributed by atoms with Crippen LogP contribution in [0.5, 0.6) is 0 Å². The molecule has 2 aliphatic heterocycles. The summed E-state index contributed by atoms with van der Waals surface area (Å²) in [5.74, 6) is 0.0783. The van der Waals surface area contributed by atoms with E-state index in [4.69, 9.17) is 4.74 Å². The van der Waals surface area contributed by atoms with E-state index >= 15 is 0 Å². The van der Waals surface area contributed by atoms with Crippen molar-refractivity contribution >= 4 is 12.0 Å². The zero-order valence-corrected chi connectivity index (χ0v) is 9.44. The highest BCUT2D eigenvalue weighted by Crippen LogP contribution is 2.09. The summed E-state index contributed by atoms with van der Waals surface area (Å²) in [6, 6.07) is 0. The minimum absolute atomic E-state index is 0.0783. The first kappa shape index (κ1) is 11.2. The number of carbonyl (C=O) groups excluding carboxylic acids is 2. The van der Waals surface area contributed by atoms with E-state index in [0.29, 0.717) is 13.0 Å². The largest absolute Gasteiger partial charge is 0.444 e. The Labute approximate surface area is 94.5 Å². The number of piperazine rings is 1. The van der Waals surface area contributed by atoms with E-state index in [2.05, 4.69) is 10.2 Å². The van der Waals surface area contributed by atoms with Crippen molar-refractivity contribution in [2.45, 2.75) is 12.5 Å². The molecule has 1 unspecified atom stereocenters. The van der Waals surface area contributed by atoms with Gasteiger partial charge in [-0.15, -0.1) is 0 Å². The molecule has 0 spiro atoms. The Balaban J connectivity index is 1.77. The molecule has 2 amide bonds. The predicted molar refractivity (Wildman–Crippen MR) is 57.0 cm³/mol. The molecule has 16 heavy (non-hydrogen) atoms. The summed E-state index contributed by atoms with van der Waals surface area (Å²) in [4.78, 5) is 26.7. The number of nitrogens with one attached hydrogen (secondary N) is 1. The van der Waals surface area contributed by atoms with Crippen LogP contribution in [-0.2, 0) is 9.53 Å². The van der Waals surface area contributed by atoms with Crippen molar-refractivity contribution in [2.24, 2.45) is 0 Å². The molecule has 0 saturated carbocycles. The molecule has 0 aromatic heterocycles. The SMILES string of the molecule is CN1CCN(C(=O)CC2CNC(=O)O2)CC1. The van der Waals surface area contributed by atoms with Crippen LogP contribution in [0.4, 0.5) is 4.79 Å². The van der Waals surface area contributed by atoms with E-state index < -0.39 is 6.09 Å². The Morgan fingerprint density at radius 1 is 1.44 bits per heavy atom. The summed E-state index contributed by atoms with van der Waals surface area (Å²) in [7, 11) is 2.05. The number of likely N-dealkylation sites (N-methyl/N-ethyl adjacent to an activating group) is 1. The molecule has 6 heteroatoms. The van der Waals surface area contributed by atoms with Gasteiger partial charge in [0.2, 0.25) is 5.91 Å². The van der Waals surface area contributed by atoms with Crippen molar-refractivity contribution in [1.82, 2.24) is 15.1 Å². The molecule has 2 rings (SSSR count). The summed E-state index contributed by atoms with van der Waals surface area (Å²) in [5, 5.41) is 2.54. The molecular formula is C10H17N3O3. The van der Waals surface area contributed by atoms with Gasteiger partial charge in [-0.05, 0) is 7.05 Å². The molecule has 2 heterocycles. The van der Waals surface area contributed by atoms with Crippen LogP contribution in [0, 0.1) is 0 Å². The lowest BCUT2D eigenvalue weighted by atomic mass is 10.2. The summed E-state index contributed by atoms with van der Waals surface area (Å²) < 4.78 is 4.94. The van der Waals surface area contributed by atoms with Crippen molar-refractivity contribution in [3.63, 3.8) is 0 Å². The number of carbonyl (C=O) groups is 2. The van der Waals surface area contributed by atoms with Crippen LogP contribution in [-0.4, -0.2) is 67.7 Å². The average molecular weight is 227 g/mol. The molecule has 0 aliphatic carbocycles. The van der Waals surface area contributed by atoms with E-state index in [1.807, 2.05) is 11.9 Å². The number of nitrogens with zero attached hydrogens (tertiary/aromatic N) is 2. The van der Waals surface area contributed by atoms with Crippen molar-refractivity contribution in [1.29, 1.82) is 0 Å². The molecular weight excluding hydrogens is 210 g/mol. The van der Waals surface area contributed by atoms with Crippen molar-refractivity contribution in [2.75, 3.05) is 39.8 Å². The van der Waals surface area contributed by atoms with Crippen LogP contribution in [0.3, 0.4) is 0 Å². The summed E-state index contributed by atoms with van der Waals surface area (Å²) in [5.41, 5.74) is 0. The van der Waals surface area contributed by atoms with Crippen LogP contribution in [0.2, 0.25) is 0 Å². The Morgan fingerprint density at radius 2 is 2.12 bits per heavy atom. The second-order valence-electron chi connectivity index (χ2n) is 4.30. The van der Waals surface area contributed by atoms with Crippen molar-refractivity contribution < 1.29 is 14.3 Å². The Bertz CT molecular complexity index is 287. The molecule has 6 nitrogen and oxygen atoms in total. The molecule has 0 aromatic carbocycles. The van der Waals surface area contributed by atoms with Gasteiger partial charge in [-0.1, -0.05) is 0 Å². The lowest BCUT2D eigenvalue weighted by molar-refractivity contribution is -0.134. The summed E-state index contributed by atoms with van der Waals surface area (Å²) in [6.45, 7) is 3.80. The third-order valence-corrected chi connectivity index (χ3v) is 3.01. The minimum atomic E-state index is -0.420. The van der Waals surface area contributed by atoms with Crippen molar-refractivity contribution in [3.8, 4) is 0 Å². The highest BCUT2D eigenvalue weighted by atomic mass is 16.6. The fourth-order valence-corrected chi connectivity index (χ4v) is 1.93. The standard InChI is InChI=1S/C10H17N3O3/c1-12-2-4-13(5-3-12)9(14)6-8-7-11-10(15)16-8/h8H,2-7H2,1H3,(H,11,15). The van der Waals surface area contributed by atoms with Gasteiger partial charge < -0.3 is 19.9 Å². The lowest BCUT2D eigenvalue weighted by Crippen LogP contribution is -2.47. The van der Waals surface area contributed by atoms with E-state index in [1.165, 1.54) is 0 Å². The fourth-order valence-electron chi connectivity index (χ4n) is 1.93. The van der Waals surface area contributed by atoms with Gasteiger partial charge >= 0.3 is 6.09 Å². The van der Waals surface area contributed by atoms with Gasteiger partial charge in [-0.25, -0.2) is 4.79 Å². The quantitative estimate of drug-likeness (QED) is 0.675. The molecule has 1 N–H and O–H groups in total. The fraction of sp³-hybridized carbons (Fsp3) is 0.800. The van der Waals surface area contributed by atoms with Gasteiger partial charge in [0.1, 0.15) is 6.10 Å². The van der Waals surface area contributed by atoms with Crippen LogP contribution in [0.15, 0.2) is 0 Å². The minimum Gasteiger partial charge on any atom is -0.444 e. The molecule has 0 aromatic rings. The average Bonchev–Trinajstić information content (AvgIpc) is 2.65. The number of hydrogen-bond acceptors (Lipinski definition) is 4.